The summed E-state index contributed by atoms with van der Waals surface area (Å²) in [6.07, 6.45) is 2.23. The molecule has 0 saturated carbocycles. The van der Waals surface area contributed by atoms with Crippen LogP contribution in [-0.4, -0.2) is 19.8 Å². The van der Waals surface area contributed by atoms with Crippen LogP contribution in [0.1, 0.15) is 24.0 Å². The maximum absolute atomic E-state index is 5.58. The fourth-order valence-electron chi connectivity index (χ4n) is 2.22. The number of hydrogen-bond acceptors (Lipinski definition) is 2. The second kappa shape index (κ2) is 4.33. The van der Waals surface area contributed by atoms with Crippen LogP contribution in [0.15, 0.2) is 24.3 Å². The Morgan fingerprint density at radius 3 is 2.73 bits per heavy atom. The third-order valence-electron chi connectivity index (χ3n) is 3.25. The number of nitrogens with two attached hydrogens (primary N) is 1. The molecule has 1 heterocycles. The fraction of sp³-hybridized carbons (Fsp3) is 0.538. The smallest absolute Gasteiger partial charge is 0.0585 e. The standard InChI is InChI=1S/C13H19NO/c1-11-4-2-5-12(8-11)13(6-3-7-14)9-15-10-13/h2,4-5,8H,3,6-7,9-10,14H2,1H3. The van der Waals surface area contributed by atoms with Crippen molar-refractivity contribution < 1.29 is 4.74 Å². The highest BCUT2D eigenvalue weighted by atomic mass is 16.5. The van der Waals surface area contributed by atoms with Crippen molar-refractivity contribution in [2.24, 2.45) is 5.73 Å². The summed E-state index contributed by atoms with van der Waals surface area (Å²) in [6, 6.07) is 8.76. The van der Waals surface area contributed by atoms with Crippen molar-refractivity contribution in [3.8, 4) is 0 Å². The first-order valence-electron chi connectivity index (χ1n) is 5.62. The van der Waals surface area contributed by atoms with E-state index in [1.54, 1.807) is 0 Å². The van der Waals surface area contributed by atoms with Crippen molar-refractivity contribution >= 4 is 0 Å². The first-order valence-corrected chi connectivity index (χ1v) is 5.62. The van der Waals surface area contributed by atoms with Crippen LogP contribution in [0.5, 0.6) is 0 Å². The van der Waals surface area contributed by atoms with Crippen molar-refractivity contribution in [1.82, 2.24) is 0 Å². The molecule has 1 aromatic carbocycles. The van der Waals surface area contributed by atoms with Crippen molar-refractivity contribution in [2.75, 3.05) is 19.8 Å². The van der Waals surface area contributed by atoms with E-state index >= 15 is 0 Å². The Balaban J connectivity index is 2.18. The van der Waals surface area contributed by atoms with E-state index in [1.165, 1.54) is 11.1 Å². The molecule has 82 valence electrons. The largest absolute Gasteiger partial charge is 0.379 e. The summed E-state index contributed by atoms with van der Waals surface area (Å²) < 4.78 is 5.39. The zero-order valence-corrected chi connectivity index (χ0v) is 9.33. The number of hydrogen-bond donors (Lipinski definition) is 1. The van der Waals surface area contributed by atoms with E-state index < -0.39 is 0 Å². The number of aryl methyl sites for hydroxylation is 1. The number of benzene rings is 1. The summed E-state index contributed by atoms with van der Waals surface area (Å²) in [7, 11) is 0. The first-order chi connectivity index (χ1) is 7.27. The van der Waals surface area contributed by atoms with E-state index in [1.807, 2.05) is 0 Å². The normalized spacial score (nSPS) is 18.5. The quantitative estimate of drug-likeness (QED) is 0.816. The summed E-state index contributed by atoms with van der Waals surface area (Å²) >= 11 is 0. The predicted molar refractivity (Wildman–Crippen MR) is 62.0 cm³/mol. The van der Waals surface area contributed by atoms with Gasteiger partial charge in [-0.2, -0.15) is 0 Å². The molecule has 1 aliphatic rings. The molecule has 2 nitrogen and oxygen atoms in total. The molecule has 0 aromatic heterocycles. The molecule has 0 radical (unpaired) electrons. The second-order valence-electron chi connectivity index (χ2n) is 4.53. The molecule has 1 saturated heterocycles. The van der Waals surface area contributed by atoms with Crippen molar-refractivity contribution in [2.45, 2.75) is 25.2 Å². The highest BCUT2D eigenvalue weighted by Crippen LogP contribution is 2.36. The van der Waals surface area contributed by atoms with Crippen LogP contribution in [-0.2, 0) is 10.2 Å². The molecule has 15 heavy (non-hydrogen) atoms. The van der Waals surface area contributed by atoms with Crippen molar-refractivity contribution in [3.63, 3.8) is 0 Å². The predicted octanol–water partition coefficient (Wildman–Crippen LogP) is 2.00. The molecule has 2 rings (SSSR count). The van der Waals surface area contributed by atoms with Crippen LogP contribution >= 0.6 is 0 Å². The molecule has 2 N–H and O–H groups in total. The van der Waals surface area contributed by atoms with E-state index in [-0.39, 0.29) is 5.41 Å². The number of ether oxygens (including phenoxy) is 1. The molecule has 0 aliphatic carbocycles. The second-order valence-corrected chi connectivity index (χ2v) is 4.53. The zero-order valence-electron chi connectivity index (χ0n) is 9.33. The first kappa shape index (κ1) is 10.7. The molecule has 1 aliphatic heterocycles. The van der Waals surface area contributed by atoms with E-state index in [0.717, 1.165) is 32.6 Å². The summed E-state index contributed by atoms with van der Waals surface area (Å²) in [5.74, 6) is 0. The fourth-order valence-corrected chi connectivity index (χ4v) is 2.22. The minimum atomic E-state index is 0.255. The molecule has 0 bridgehead atoms. The van der Waals surface area contributed by atoms with Gasteiger partial charge in [0.05, 0.1) is 13.2 Å². The van der Waals surface area contributed by atoms with Gasteiger partial charge >= 0.3 is 0 Å². The van der Waals surface area contributed by atoms with Gasteiger partial charge in [0.25, 0.3) is 0 Å². The summed E-state index contributed by atoms with van der Waals surface area (Å²) in [5.41, 5.74) is 8.58. The van der Waals surface area contributed by atoms with Gasteiger partial charge in [0, 0.05) is 5.41 Å². The molecule has 2 heteroatoms. The van der Waals surface area contributed by atoms with E-state index in [4.69, 9.17) is 10.5 Å². The lowest BCUT2D eigenvalue weighted by Gasteiger charge is -2.42. The maximum atomic E-state index is 5.58. The Hall–Kier alpha value is -0.860. The lowest BCUT2D eigenvalue weighted by Crippen LogP contribution is -2.47. The van der Waals surface area contributed by atoms with Crippen molar-refractivity contribution in [3.05, 3.63) is 35.4 Å². The Morgan fingerprint density at radius 2 is 2.20 bits per heavy atom. The maximum Gasteiger partial charge on any atom is 0.0585 e. The Kier molecular flexibility index (Phi) is 3.08. The van der Waals surface area contributed by atoms with E-state index in [2.05, 4.69) is 31.2 Å². The zero-order chi connectivity index (χ0) is 10.7. The van der Waals surface area contributed by atoms with Gasteiger partial charge in [-0.1, -0.05) is 29.8 Å². The van der Waals surface area contributed by atoms with Crippen LogP contribution < -0.4 is 5.73 Å². The molecule has 1 fully saturated rings. The van der Waals surface area contributed by atoms with Crippen LogP contribution in [0.4, 0.5) is 0 Å². The molecule has 0 amide bonds. The van der Waals surface area contributed by atoms with Crippen molar-refractivity contribution in [1.29, 1.82) is 0 Å². The van der Waals surface area contributed by atoms with Gasteiger partial charge in [-0.05, 0) is 31.9 Å². The highest BCUT2D eigenvalue weighted by molar-refractivity contribution is 5.31. The molecular formula is C13H19NO. The summed E-state index contributed by atoms with van der Waals surface area (Å²) in [5, 5.41) is 0. The van der Waals surface area contributed by atoms with Crippen LogP contribution in [0, 0.1) is 6.92 Å². The third kappa shape index (κ3) is 2.06. The molecular weight excluding hydrogens is 186 g/mol. The van der Waals surface area contributed by atoms with Crippen LogP contribution in [0.25, 0.3) is 0 Å². The topological polar surface area (TPSA) is 35.2 Å². The van der Waals surface area contributed by atoms with Gasteiger partial charge in [0.2, 0.25) is 0 Å². The average Bonchev–Trinajstić information content (AvgIpc) is 2.16. The number of rotatable bonds is 4. The molecule has 0 atom stereocenters. The SMILES string of the molecule is Cc1cccc(C2(CCCN)COC2)c1. The van der Waals surface area contributed by atoms with Crippen LogP contribution in [0.3, 0.4) is 0 Å². The lowest BCUT2D eigenvalue weighted by atomic mass is 9.74. The Bertz CT molecular complexity index is 331. The molecule has 0 spiro atoms. The van der Waals surface area contributed by atoms with Gasteiger partial charge < -0.3 is 10.5 Å². The summed E-state index contributed by atoms with van der Waals surface area (Å²) in [4.78, 5) is 0. The van der Waals surface area contributed by atoms with Gasteiger partial charge in [-0.25, -0.2) is 0 Å². The Labute approximate surface area is 91.4 Å². The molecule has 0 unspecified atom stereocenters. The highest BCUT2D eigenvalue weighted by Gasteiger charge is 2.39. The van der Waals surface area contributed by atoms with E-state index in [0.29, 0.717) is 0 Å². The summed E-state index contributed by atoms with van der Waals surface area (Å²) in [6.45, 7) is 4.63. The van der Waals surface area contributed by atoms with Gasteiger partial charge in [0.1, 0.15) is 0 Å². The minimum Gasteiger partial charge on any atom is -0.379 e. The lowest BCUT2D eigenvalue weighted by molar-refractivity contribution is -0.0649. The third-order valence-corrected chi connectivity index (χ3v) is 3.25. The van der Waals surface area contributed by atoms with E-state index in [9.17, 15) is 0 Å². The Morgan fingerprint density at radius 1 is 1.40 bits per heavy atom. The average molecular weight is 205 g/mol. The molecule has 1 aromatic rings. The van der Waals surface area contributed by atoms with Crippen LogP contribution in [0.2, 0.25) is 0 Å². The van der Waals surface area contributed by atoms with Gasteiger partial charge in [-0.3, -0.25) is 0 Å². The minimum absolute atomic E-state index is 0.255. The monoisotopic (exact) mass is 205 g/mol. The van der Waals surface area contributed by atoms with Gasteiger partial charge in [0.15, 0.2) is 0 Å². The van der Waals surface area contributed by atoms with Gasteiger partial charge in [-0.15, -0.1) is 0 Å².